The molecule has 1 aliphatic rings. The van der Waals surface area contributed by atoms with E-state index in [1.807, 2.05) is 32.0 Å². The quantitative estimate of drug-likeness (QED) is 0.747. The summed E-state index contributed by atoms with van der Waals surface area (Å²) >= 11 is 0. The molecule has 7 nitrogen and oxygen atoms in total. The molecule has 1 N–H and O–H groups in total. The fourth-order valence-electron chi connectivity index (χ4n) is 3.67. The Bertz CT molecular complexity index is 790. The van der Waals surface area contributed by atoms with E-state index in [-0.39, 0.29) is 5.91 Å². The predicted molar refractivity (Wildman–Crippen MR) is 107 cm³/mol. The first-order valence-corrected chi connectivity index (χ1v) is 10.1. The van der Waals surface area contributed by atoms with Crippen LogP contribution in [0.4, 0.5) is 5.69 Å². The SMILES string of the molecule is CCc1nnc(CN2CCC[C@@H](CCC(=O)Nc3ccc(OC)cc3C)C2)o1. The van der Waals surface area contributed by atoms with E-state index in [1.165, 1.54) is 0 Å². The van der Waals surface area contributed by atoms with Gasteiger partial charge in [0.25, 0.3) is 0 Å². The lowest BCUT2D eigenvalue weighted by atomic mass is 9.93. The van der Waals surface area contributed by atoms with Crippen molar-refractivity contribution in [3.63, 3.8) is 0 Å². The van der Waals surface area contributed by atoms with Gasteiger partial charge < -0.3 is 14.5 Å². The van der Waals surface area contributed by atoms with Crippen LogP contribution in [-0.2, 0) is 17.8 Å². The molecule has 3 rings (SSSR count). The van der Waals surface area contributed by atoms with Crippen LogP contribution in [0.2, 0.25) is 0 Å². The largest absolute Gasteiger partial charge is 0.497 e. The van der Waals surface area contributed by atoms with Gasteiger partial charge in [-0.05, 0) is 62.4 Å². The number of carbonyl (C=O) groups excluding carboxylic acids is 1. The Hall–Kier alpha value is -2.41. The summed E-state index contributed by atoms with van der Waals surface area (Å²) in [4.78, 5) is 14.7. The molecule has 0 spiro atoms. The fraction of sp³-hybridized carbons (Fsp3) is 0.571. The third kappa shape index (κ3) is 5.55. The Balaban J connectivity index is 1.45. The van der Waals surface area contributed by atoms with Crippen LogP contribution < -0.4 is 10.1 Å². The molecule has 1 aromatic heterocycles. The second-order valence-corrected chi connectivity index (χ2v) is 7.45. The molecule has 0 bridgehead atoms. The van der Waals surface area contributed by atoms with Crippen LogP contribution in [0.25, 0.3) is 0 Å². The van der Waals surface area contributed by atoms with E-state index in [4.69, 9.17) is 9.15 Å². The number of nitrogens with one attached hydrogen (secondary N) is 1. The van der Waals surface area contributed by atoms with Crippen LogP contribution in [0.15, 0.2) is 22.6 Å². The van der Waals surface area contributed by atoms with E-state index >= 15 is 0 Å². The summed E-state index contributed by atoms with van der Waals surface area (Å²) in [5.74, 6) is 2.75. The number of methoxy groups -OCH3 is 1. The van der Waals surface area contributed by atoms with E-state index < -0.39 is 0 Å². The molecule has 0 unspecified atom stereocenters. The number of piperidine rings is 1. The molecule has 2 heterocycles. The number of aromatic nitrogens is 2. The smallest absolute Gasteiger partial charge is 0.230 e. The van der Waals surface area contributed by atoms with Crippen LogP contribution in [0, 0.1) is 12.8 Å². The van der Waals surface area contributed by atoms with Crippen LogP contribution in [0.1, 0.15) is 50.0 Å². The first-order valence-electron chi connectivity index (χ1n) is 10.1. The molecular formula is C21H30N4O3. The van der Waals surface area contributed by atoms with Gasteiger partial charge in [0.1, 0.15) is 5.75 Å². The Kier molecular flexibility index (Phi) is 7.03. The monoisotopic (exact) mass is 386 g/mol. The molecular weight excluding hydrogens is 356 g/mol. The van der Waals surface area contributed by atoms with Crippen molar-refractivity contribution in [3.05, 3.63) is 35.5 Å². The fourth-order valence-corrected chi connectivity index (χ4v) is 3.67. The minimum Gasteiger partial charge on any atom is -0.497 e. The second kappa shape index (κ2) is 9.68. The van der Waals surface area contributed by atoms with Gasteiger partial charge in [-0.25, -0.2) is 0 Å². The zero-order valence-corrected chi connectivity index (χ0v) is 17.0. The molecule has 7 heteroatoms. The molecule has 1 fully saturated rings. The van der Waals surface area contributed by atoms with Crippen LogP contribution >= 0.6 is 0 Å². The third-order valence-corrected chi connectivity index (χ3v) is 5.26. The zero-order valence-electron chi connectivity index (χ0n) is 17.0. The van der Waals surface area contributed by atoms with Gasteiger partial charge in [0.2, 0.25) is 17.7 Å². The van der Waals surface area contributed by atoms with Gasteiger partial charge in [0, 0.05) is 25.1 Å². The summed E-state index contributed by atoms with van der Waals surface area (Å²) in [6.45, 7) is 6.68. The van der Waals surface area contributed by atoms with Gasteiger partial charge >= 0.3 is 0 Å². The minimum atomic E-state index is 0.0647. The summed E-state index contributed by atoms with van der Waals surface area (Å²) in [6, 6.07) is 5.68. The summed E-state index contributed by atoms with van der Waals surface area (Å²) < 4.78 is 10.8. The van der Waals surface area contributed by atoms with Crippen molar-refractivity contribution in [1.29, 1.82) is 0 Å². The highest BCUT2D eigenvalue weighted by Crippen LogP contribution is 2.24. The molecule has 0 radical (unpaired) electrons. The maximum absolute atomic E-state index is 12.4. The molecule has 28 heavy (non-hydrogen) atoms. The van der Waals surface area contributed by atoms with Gasteiger partial charge in [-0.15, -0.1) is 10.2 Å². The van der Waals surface area contributed by atoms with Crippen LogP contribution in [-0.4, -0.2) is 41.2 Å². The number of carbonyl (C=O) groups is 1. The lowest BCUT2D eigenvalue weighted by Gasteiger charge is -2.31. The minimum absolute atomic E-state index is 0.0647. The van der Waals surface area contributed by atoms with Gasteiger partial charge in [0.15, 0.2) is 0 Å². The first kappa shape index (κ1) is 20.3. The van der Waals surface area contributed by atoms with Crippen LogP contribution in [0.5, 0.6) is 5.75 Å². The highest BCUT2D eigenvalue weighted by Gasteiger charge is 2.22. The van der Waals surface area contributed by atoms with E-state index in [0.29, 0.717) is 30.7 Å². The number of rotatable bonds is 8. The van der Waals surface area contributed by atoms with Crippen LogP contribution in [0.3, 0.4) is 0 Å². The number of amides is 1. The van der Waals surface area contributed by atoms with Crippen molar-refractivity contribution >= 4 is 11.6 Å². The van der Waals surface area contributed by atoms with Crippen molar-refractivity contribution in [1.82, 2.24) is 15.1 Å². The normalized spacial score (nSPS) is 17.5. The summed E-state index contributed by atoms with van der Waals surface area (Å²) in [6.07, 6.45) is 4.48. The number of aryl methyl sites for hydroxylation is 2. The maximum atomic E-state index is 12.4. The molecule has 1 saturated heterocycles. The molecule has 1 amide bonds. The molecule has 1 aromatic carbocycles. The number of nitrogens with zero attached hydrogens (tertiary/aromatic N) is 3. The lowest BCUT2D eigenvalue weighted by Crippen LogP contribution is -2.35. The number of benzene rings is 1. The zero-order chi connectivity index (χ0) is 19.9. The van der Waals surface area contributed by atoms with Crippen molar-refractivity contribution < 1.29 is 13.9 Å². The Morgan fingerprint density at radius 2 is 2.18 bits per heavy atom. The molecule has 1 atom stereocenters. The van der Waals surface area contributed by atoms with Gasteiger partial charge in [-0.3, -0.25) is 9.69 Å². The predicted octanol–water partition coefficient (Wildman–Crippen LogP) is 3.58. The topological polar surface area (TPSA) is 80.5 Å². The Morgan fingerprint density at radius 1 is 1.36 bits per heavy atom. The number of anilines is 1. The highest BCUT2D eigenvalue weighted by atomic mass is 16.5. The number of likely N-dealkylation sites (tertiary alicyclic amines) is 1. The average Bonchev–Trinajstić information content (AvgIpc) is 3.16. The van der Waals surface area contributed by atoms with E-state index in [0.717, 1.165) is 55.8 Å². The lowest BCUT2D eigenvalue weighted by molar-refractivity contribution is -0.116. The van der Waals surface area contributed by atoms with Crippen molar-refractivity contribution in [2.75, 3.05) is 25.5 Å². The average molecular weight is 386 g/mol. The standard InChI is InChI=1S/C21H30N4O3/c1-4-20-23-24-21(28-20)14-25-11-5-6-16(13-25)7-10-19(26)22-18-9-8-17(27-3)12-15(18)2/h8-9,12,16H,4-7,10-11,13-14H2,1-3H3,(H,22,26)/t16-/m0/s1. The first-order chi connectivity index (χ1) is 13.6. The molecule has 152 valence electrons. The molecule has 2 aromatic rings. The van der Waals surface area contributed by atoms with Gasteiger partial charge in [-0.2, -0.15) is 0 Å². The van der Waals surface area contributed by atoms with Crippen molar-refractivity contribution in [3.8, 4) is 5.75 Å². The summed E-state index contributed by atoms with van der Waals surface area (Å²) in [5.41, 5.74) is 1.85. The highest BCUT2D eigenvalue weighted by molar-refractivity contribution is 5.91. The van der Waals surface area contributed by atoms with E-state index in [2.05, 4.69) is 20.4 Å². The number of hydrogen-bond acceptors (Lipinski definition) is 6. The molecule has 0 saturated carbocycles. The number of ether oxygens (including phenoxy) is 1. The van der Waals surface area contributed by atoms with Crippen molar-refractivity contribution in [2.45, 2.75) is 52.5 Å². The maximum Gasteiger partial charge on any atom is 0.230 e. The Labute approximate surface area is 166 Å². The van der Waals surface area contributed by atoms with Gasteiger partial charge in [0.05, 0.1) is 13.7 Å². The van der Waals surface area contributed by atoms with E-state index in [1.54, 1.807) is 7.11 Å². The second-order valence-electron chi connectivity index (χ2n) is 7.45. The Morgan fingerprint density at radius 3 is 2.89 bits per heavy atom. The molecule has 1 aliphatic heterocycles. The third-order valence-electron chi connectivity index (χ3n) is 5.26. The van der Waals surface area contributed by atoms with E-state index in [9.17, 15) is 4.79 Å². The summed E-state index contributed by atoms with van der Waals surface area (Å²) in [5, 5.41) is 11.2. The van der Waals surface area contributed by atoms with Crippen molar-refractivity contribution in [2.24, 2.45) is 5.92 Å². The molecule has 0 aliphatic carbocycles. The summed E-state index contributed by atoms with van der Waals surface area (Å²) in [7, 11) is 1.64. The van der Waals surface area contributed by atoms with Gasteiger partial charge in [-0.1, -0.05) is 6.92 Å². The number of hydrogen-bond donors (Lipinski definition) is 1.